The molecule has 0 unspecified atom stereocenters. The molecule has 0 fully saturated rings. The highest BCUT2D eigenvalue weighted by Crippen LogP contribution is 2.16. The maximum absolute atomic E-state index is 4.66. The fraction of sp³-hybridized carbons (Fsp3) is 0.389. The van der Waals surface area contributed by atoms with Gasteiger partial charge in [-0.3, -0.25) is 0 Å². The molecule has 3 heteroatoms. The van der Waals surface area contributed by atoms with Crippen molar-refractivity contribution in [2.75, 3.05) is 23.8 Å². The van der Waals surface area contributed by atoms with Crippen LogP contribution < -0.4 is 10.2 Å². The topological polar surface area (TPSA) is 28.2 Å². The summed E-state index contributed by atoms with van der Waals surface area (Å²) in [7, 11) is 2.11. The predicted molar refractivity (Wildman–Crippen MR) is 90.9 cm³/mol. The Hall–Kier alpha value is -2.03. The predicted octanol–water partition coefficient (Wildman–Crippen LogP) is 4.10. The third-order valence-corrected chi connectivity index (χ3v) is 3.55. The van der Waals surface area contributed by atoms with Crippen molar-refractivity contribution in [3.05, 3.63) is 53.7 Å². The Bertz CT molecular complexity index is 549. The Morgan fingerprint density at radius 2 is 1.81 bits per heavy atom. The average Bonchev–Trinajstić information content (AvgIpc) is 2.53. The maximum Gasteiger partial charge on any atom is 0.126 e. The zero-order chi connectivity index (χ0) is 15.1. The minimum Gasteiger partial charge on any atom is -0.370 e. The molecular formula is C18H25N3. The molecule has 0 spiro atoms. The van der Waals surface area contributed by atoms with E-state index in [2.05, 4.69) is 72.5 Å². The minimum absolute atomic E-state index is 0.813. The van der Waals surface area contributed by atoms with E-state index in [1.54, 1.807) is 0 Å². The number of hydrogen-bond donors (Lipinski definition) is 1. The summed E-state index contributed by atoms with van der Waals surface area (Å²) in [5.41, 5.74) is 3.68. The van der Waals surface area contributed by atoms with Crippen LogP contribution in [0.4, 0.5) is 11.5 Å². The van der Waals surface area contributed by atoms with E-state index < -0.39 is 0 Å². The largest absolute Gasteiger partial charge is 0.370 e. The highest BCUT2D eigenvalue weighted by molar-refractivity contribution is 5.47. The van der Waals surface area contributed by atoms with Crippen LogP contribution in [0.15, 0.2) is 42.5 Å². The molecule has 0 bridgehead atoms. The van der Waals surface area contributed by atoms with E-state index in [0.29, 0.717) is 0 Å². The van der Waals surface area contributed by atoms with E-state index >= 15 is 0 Å². The number of nitrogens with one attached hydrogen (secondary N) is 1. The van der Waals surface area contributed by atoms with E-state index in [-0.39, 0.29) is 0 Å². The minimum atomic E-state index is 0.813. The van der Waals surface area contributed by atoms with Gasteiger partial charge < -0.3 is 10.2 Å². The van der Waals surface area contributed by atoms with E-state index in [1.165, 1.54) is 11.3 Å². The second kappa shape index (κ2) is 7.67. The van der Waals surface area contributed by atoms with Crippen LogP contribution >= 0.6 is 0 Å². The van der Waals surface area contributed by atoms with Gasteiger partial charge in [0.15, 0.2) is 0 Å². The lowest BCUT2D eigenvalue weighted by molar-refractivity contribution is 0.880. The number of nitrogens with zero attached hydrogens (tertiary/aromatic N) is 2. The van der Waals surface area contributed by atoms with E-state index in [0.717, 1.165) is 37.4 Å². The summed E-state index contributed by atoms with van der Waals surface area (Å²) in [4.78, 5) is 6.88. The summed E-state index contributed by atoms with van der Waals surface area (Å²) < 4.78 is 0. The van der Waals surface area contributed by atoms with Crippen molar-refractivity contribution in [2.24, 2.45) is 0 Å². The number of anilines is 2. The number of hydrogen-bond acceptors (Lipinski definition) is 3. The second-order valence-corrected chi connectivity index (χ2v) is 5.32. The van der Waals surface area contributed by atoms with Gasteiger partial charge in [0.1, 0.15) is 5.82 Å². The van der Waals surface area contributed by atoms with Gasteiger partial charge in [-0.05, 0) is 42.7 Å². The van der Waals surface area contributed by atoms with Crippen LogP contribution in [0.2, 0.25) is 0 Å². The van der Waals surface area contributed by atoms with Gasteiger partial charge in [0, 0.05) is 19.3 Å². The van der Waals surface area contributed by atoms with Crippen molar-refractivity contribution in [1.29, 1.82) is 0 Å². The quantitative estimate of drug-likeness (QED) is 0.829. The third-order valence-electron chi connectivity index (χ3n) is 3.55. The number of pyridine rings is 1. The molecule has 1 heterocycles. The summed E-state index contributed by atoms with van der Waals surface area (Å²) in [6.45, 7) is 6.11. The number of aryl methyl sites for hydroxylation is 1. The molecule has 3 nitrogen and oxygen atoms in total. The molecule has 21 heavy (non-hydrogen) atoms. The average molecular weight is 283 g/mol. The van der Waals surface area contributed by atoms with Crippen LogP contribution in [0.5, 0.6) is 0 Å². The third kappa shape index (κ3) is 4.48. The van der Waals surface area contributed by atoms with Crippen molar-refractivity contribution in [3.8, 4) is 0 Å². The first-order valence-corrected chi connectivity index (χ1v) is 7.72. The molecule has 0 aliphatic rings. The summed E-state index contributed by atoms with van der Waals surface area (Å²) in [5, 5.41) is 3.33. The first kappa shape index (κ1) is 15.4. The summed E-state index contributed by atoms with van der Waals surface area (Å²) >= 11 is 0. The van der Waals surface area contributed by atoms with Crippen molar-refractivity contribution < 1.29 is 0 Å². The molecule has 1 aromatic carbocycles. The standard InChI is InChI=1S/C18H25N3/c1-4-13-19-18-8-6-7-16(20-18)14-21(3)17-11-9-15(5-2)10-12-17/h6-12H,4-5,13-14H2,1-3H3,(H,19,20). The molecular weight excluding hydrogens is 258 g/mol. The van der Waals surface area contributed by atoms with Crippen molar-refractivity contribution in [1.82, 2.24) is 4.98 Å². The maximum atomic E-state index is 4.66. The number of benzene rings is 1. The normalized spacial score (nSPS) is 10.4. The van der Waals surface area contributed by atoms with Crippen molar-refractivity contribution in [3.63, 3.8) is 0 Å². The van der Waals surface area contributed by atoms with E-state index in [9.17, 15) is 0 Å². The van der Waals surface area contributed by atoms with Crippen LogP contribution in [0, 0.1) is 0 Å². The van der Waals surface area contributed by atoms with Crippen LogP contribution in [0.1, 0.15) is 31.5 Å². The monoisotopic (exact) mass is 283 g/mol. The molecule has 0 amide bonds. The summed E-state index contributed by atoms with van der Waals surface area (Å²) in [5.74, 6) is 0.962. The Kier molecular flexibility index (Phi) is 5.61. The highest BCUT2D eigenvalue weighted by Gasteiger charge is 2.04. The van der Waals surface area contributed by atoms with E-state index in [4.69, 9.17) is 0 Å². The van der Waals surface area contributed by atoms with Crippen LogP contribution in [0.25, 0.3) is 0 Å². The highest BCUT2D eigenvalue weighted by atomic mass is 15.1. The molecule has 0 aliphatic heterocycles. The lowest BCUT2D eigenvalue weighted by Gasteiger charge is -2.19. The lowest BCUT2D eigenvalue weighted by Crippen LogP contribution is -2.17. The van der Waals surface area contributed by atoms with Gasteiger partial charge in [-0.2, -0.15) is 0 Å². The molecule has 1 aromatic heterocycles. The van der Waals surface area contributed by atoms with E-state index in [1.807, 2.05) is 6.07 Å². The van der Waals surface area contributed by atoms with Crippen LogP contribution in [-0.4, -0.2) is 18.6 Å². The Balaban J connectivity index is 2.02. The van der Waals surface area contributed by atoms with Gasteiger partial charge in [0.25, 0.3) is 0 Å². The zero-order valence-corrected chi connectivity index (χ0v) is 13.3. The lowest BCUT2D eigenvalue weighted by atomic mass is 10.1. The van der Waals surface area contributed by atoms with Crippen molar-refractivity contribution in [2.45, 2.75) is 33.2 Å². The fourth-order valence-electron chi connectivity index (χ4n) is 2.24. The summed E-state index contributed by atoms with van der Waals surface area (Å²) in [6.07, 6.45) is 2.19. The molecule has 0 saturated heterocycles. The zero-order valence-electron chi connectivity index (χ0n) is 13.3. The first-order valence-electron chi connectivity index (χ1n) is 7.72. The SMILES string of the molecule is CCCNc1cccc(CN(C)c2ccc(CC)cc2)n1. The number of aromatic nitrogens is 1. The summed E-state index contributed by atoms with van der Waals surface area (Å²) in [6, 6.07) is 14.9. The molecule has 0 saturated carbocycles. The molecule has 0 atom stereocenters. The molecule has 1 N–H and O–H groups in total. The second-order valence-electron chi connectivity index (χ2n) is 5.32. The fourth-order valence-corrected chi connectivity index (χ4v) is 2.24. The van der Waals surface area contributed by atoms with Gasteiger partial charge in [0.05, 0.1) is 12.2 Å². The number of rotatable bonds is 7. The smallest absolute Gasteiger partial charge is 0.126 e. The van der Waals surface area contributed by atoms with Crippen LogP contribution in [0.3, 0.4) is 0 Å². The molecule has 2 aromatic rings. The van der Waals surface area contributed by atoms with Gasteiger partial charge in [0.2, 0.25) is 0 Å². The molecule has 2 rings (SSSR count). The Morgan fingerprint density at radius 3 is 2.48 bits per heavy atom. The Morgan fingerprint density at radius 1 is 1.05 bits per heavy atom. The van der Waals surface area contributed by atoms with Gasteiger partial charge in [-0.1, -0.05) is 32.0 Å². The van der Waals surface area contributed by atoms with Gasteiger partial charge in [-0.15, -0.1) is 0 Å². The molecule has 112 valence electrons. The van der Waals surface area contributed by atoms with Crippen molar-refractivity contribution >= 4 is 11.5 Å². The first-order chi connectivity index (χ1) is 10.2. The molecule has 0 radical (unpaired) electrons. The Labute approximate surface area is 128 Å². The van der Waals surface area contributed by atoms with Gasteiger partial charge in [-0.25, -0.2) is 4.98 Å². The van der Waals surface area contributed by atoms with Gasteiger partial charge >= 0.3 is 0 Å². The van der Waals surface area contributed by atoms with Crippen LogP contribution in [-0.2, 0) is 13.0 Å². The molecule has 0 aliphatic carbocycles.